The number of aromatic nitrogens is 6. The number of hydrogen-bond donors (Lipinski definition) is 0. The van der Waals surface area contributed by atoms with Crippen LogP contribution in [0.5, 0.6) is 0 Å². The largest absolute Gasteiger partial charge is 0.363 e. The second-order valence-corrected chi connectivity index (χ2v) is 5.17. The molecule has 4 aromatic heterocycles. The first-order valence-corrected chi connectivity index (χ1v) is 6.97. The molecule has 0 atom stereocenters. The van der Waals surface area contributed by atoms with Crippen molar-refractivity contribution < 1.29 is 4.52 Å². The van der Waals surface area contributed by atoms with Gasteiger partial charge in [0.1, 0.15) is 11.5 Å². The molecule has 4 heterocycles. The van der Waals surface area contributed by atoms with Crippen LogP contribution in [0.1, 0.15) is 0 Å². The number of anilines is 1. The fourth-order valence-electron chi connectivity index (χ4n) is 2.25. The van der Waals surface area contributed by atoms with Crippen LogP contribution in [0.3, 0.4) is 0 Å². The lowest BCUT2D eigenvalue weighted by molar-refractivity contribution is 0.432. The summed E-state index contributed by atoms with van der Waals surface area (Å²) in [6, 6.07) is 3.73. The minimum Gasteiger partial charge on any atom is -0.363 e. The summed E-state index contributed by atoms with van der Waals surface area (Å²) in [6.07, 6.45) is 8.59. The van der Waals surface area contributed by atoms with Crippen molar-refractivity contribution in [2.24, 2.45) is 0 Å². The number of nitrogens with zero attached hydrogens (tertiary/aromatic N) is 7. The molecule has 0 aliphatic rings. The van der Waals surface area contributed by atoms with E-state index < -0.39 is 0 Å². The zero-order valence-electron chi connectivity index (χ0n) is 12.6. The van der Waals surface area contributed by atoms with Gasteiger partial charge in [-0.25, -0.2) is 9.97 Å². The Morgan fingerprint density at radius 2 is 2.04 bits per heavy atom. The van der Waals surface area contributed by atoms with Gasteiger partial charge in [0, 0.05) is 38.2 Å². The molecule has 8 heteroatoms. The third kappa shape index (κ3) is 2.30. The Kier molecular flexibility index (Phi) is 3.00. The van der Waals surface area contributed by atoms with Gasteiger partial charge in [-0.1, -0.05) is 5.16 Å². The molecular formula is C15H13N7O. The Bertz CT molecular complexity index is 973. The molecule has 0 bridgehead atoms. The molecule has 0 aromatic carbocycles. The van der Waals surface area contributed by atoms with E-state index in [1.807, 2.05) is 41.7 Å². The third-order valence-electron chi connectivity index (χ3n) is 3.42. The molecule has 4 aromatic rings. The molecule has 0 aliphatic carbocycles. The second-order valence-electron chi connectivity index (χ2n) is 5.17. The van der Waals surface area contributed by atoms with Gasteiger partial charge in [-0.15, -0.1) is 0 Å². The van der Waals surface area contributed by atoms with E-state index in [1.165, 1.54) is 0 Å². The van der Waals surface area contributed by atoms with E-state index in [0.717, 1.165) is 22.7 Å². The van der Waals surface area contributed by atoms with E-state index in [2.05, 4.69) is 25.1 Å². The van der Waals surface area contributed by atoms with Crippen LogP contribution in [0.4, 0.5) is 5.82 Å². The molecular weight excluding hydrogens is 294 g/mol. The van der Waals surface area contributed by atoms with Crippen molar-refractivity contribution in [2.45, 2.75) is 0 Å². The van der Waals surface area contributed by atoms with Crippen LogP contribution in [0, 0.1) is 0 Å². The van der Waals surface area contributed by atoms with Crippen molar-refractivity contribution in [1.82, 2.24) is 29.5 Å². The summed E-state index contributed by atoms with van der Waals surface area (Å²) in [7, 11) is 3.86. The predicted octanol–water partition coefficient (Wildman–Crippen LogP) is 1.91. The summed E-state index contributed by atoms with van der Waals surface area (Å²) in [6.45, 7) is 0. The standard InChI is InChI=1S/C15H13N7O/c1-21(2)12-7-10(3-4-17-12)15-19-14(20-23-15)11-8-18-13-9-16-5-6-22(11)13/h3-9H,1-2H3. The molecule has 0 fully saturated rings. The summed E-state index contributed by atoms with van der Waals surface area (Å²) in [4.78, 5) is 19.0. The van der Waals surface area contributed by atoms with E-state index >= 15 is 0 Å². The monoisotopic (exact) mass is 307 g/mol. The second kappa shape index (κ2) is 5.16. The van der Waals surface area contributed by atoms with E-state index in [4.69, 9.17) is 4.52 Å². The van der Waals surface area contributed by atoms with Gasteiger partial charge in [-0.05, 0) is 12.1 Å². The Morgan fingerprint density at radius 1 is 1.13 bits per heavy atom. The van der Waals surface area contributed by atoms with Gasteiger partial charge in [0.05, 0.1) is 12.4 Å². The molecule has 114 valence electrons. The molecule has 0 unspecified atom stereocenters. The van der Waals surface area contributed by atoms with E-state index in [0.29, 0.717) is 11.7 Å². The van der Waals surface area contributed by atoms with Gasteiger partial charge in [0.15, 0.2) is 5.65 Å². The smallest absolute Gasteiger partial charge is 0.258 e. The summed E-state index contributed by atoms with van der Waals surface area (Å²) < 4.78 is 7.25. The van der Waals surface area contributed by atoms with Crippen molar-refractivity contribution >= 4 is 11.5 Å². The molecule has 4 rings (SSSR count). The third-order valence-corrected chi connectivity index (χ3v) is 3.42. The number of pyridine rings is 1. The van der Waals surface area contributed by atoms with Gasteiger partial charge in [0.2, 0.25) is 5.82 Å². The first kappa shape index (κ1) is 13.4. The highest BCUT2D eigenvalue weighted by molar-refractivity contribution is 5.62. The first-order valence-electron chi connectivity index (χ1n) is 6.97. The van der Waals surface area contributed by atoms with E-state index in [1.54, 1.807) is 24.8 Å². The minimum atomic E-state index is 0.439. The number of rotatable bonds is 3. The van der Waals surface area contributed by atoms with E-state index in [9.17, 15) is 0 Å². The van der Waals surface area contributed by atoms with Crippen molar-refractivity contribution in [3.05, 3.63) is 43.1 Å². The summed E-state index contributed by atoms with van der Waals surface area (Å²) in [5.74, 6) is 1.74. The fourth-order valence-corrected chi connectivity index (χ4v) is 2.25. The van der Waals surface area contributed by atoms with Gasteiger partial charge in [-0.2, -0.15) is 4.98 Å². The Labute approximate surface area is 131 Å². The van der Waals surface area contributed by atoms with E-state index in [-0.39, 0.29) is 0 Å². The summed E-state index contributed by atoms with van der Waals surface area (Å²) in [5.41, 5.74) is 2.30. The first-order chi connectivity index (χ1) is 11.2. The summed E-state index contributed by atoms with van der Waals surface area (Å²) in [5, 5.41) is 4.06. The maximum Gasteiger partial charge on any atom is 0.258 e. The lowest BCUT2D eigenvalue weighted by Crippen LogP contribution is -2.10. The van der Waals surface area contributed by atoms with Gasteiger partial charge in [-0.3, -0.25) is 9.38 Å². The molecule has 0 aliphatic heterocycles. The lowest BCUT2D eigenvalue weighted by Gasteiger charge is -2.10. The SMILES string of the molecule is CN(C)c1cc(-c2nc(-c3cnc4cnccn34)no2)ccn1. The highest BCUT2D eigenvalue weighted by Crippen LogP contribution is 2.24. The lowest BCUT2D eigenvalue weighted by atomic mass is 10.2. The highest BCUT2D eigenvalue weighted by Gasteiger charge is 2.15. The van der Waals surface area contributed by atoms with Crippen LogP contribution in [-0.2, 0) is 0 Å². The molecule has 0 radical (unpaired) electrons. The van der Waals surface area contributed by atoms with Crippen molar-refractivity contribution in [3.8, 4) is 23.0 Å². The molecule has 0 spiro atoms. The Balaban J connectivity index is 1.76. The number of hydrogen-bond acceptors (Lipinski definition) is 7. The zero-order valence-corrected chi connectivity index (χ0v) is 12.6. The zero-order chi connectivity index (χ0) is 15.8. The molecule has 0 N–H and O–H groups in total. The maximum atomic E-state index is 5.39. The van der Waals surface area contributed by atoms with Crippen LogP contribution < -0.4 is 4.90 Å². The quantitative estimate of drug-likeness (QED) is 0.571. The molecule has 8 nitrogen and oxygen atoms in total. The van der Waals surface area contributed by atoms with Crippen LogP contribution >= 0.6 is 0 Å². The van der Waals surface area contributed by atoms with Gasteiger partial charge >= 0.3 is 0 Å². The minimum absolute atomic E-state index is 0.439. The van der Waals surface area contributed by atoms with Crippen LogP contribution in [0.15, 0.2) is 47.6 Å². The van der Waals surface area contributed by atoms with Gasteiger partial charge < -0.3 is 9.42 Å². The highest BCUT2D eigenvalue weighted by atomic mass is 16.5. The van der Waals surface area contributed by atoms with Crippen molar-refractivity contribution in [3.63, 3.8) is 0 Å². The van der Waals surface area contributed by atoms with Crippen LogP contribution in [-0.4, -0.2) is 43.6 Å². The average molecular weight is 307 g/mol. The topological polar surface area (TPSA) is 85.2 Å². The fraction of sp³-hybridized carbons (Fsp3) is 0.133. The van der Waals surface area contributed by atoms with Crippen molar-refractivity contribution in [1.29, 1.82) is 0 Å². The Morgan fingerprint density at radius 3 is 2.91 bits per heavy atom. The normalized spacial score (nSPS) is 11.0. The molecule has 23 heavy (non-hydrogen) atoms. The molecule has 0 saturated heterocycles. The average Bonchev–Trinajstić information content (AvgIpc) is 3.21. The Hall–Kier alpha value is -3.29. The summed E-state index contributed by atoms with van der Waals surface area (Å²) >= 11 is 0. The predicted molar refractivity (Wildman–Crippen MR) is 83.8 cm³/mol. The maximum absolute atomic E-state index is 5.39. The molecule has 0 amide bonds. The number of fused-ring (bicyclic) bond motifs is 1. The van der Waals surface area contributed by atoms with Crippen LogP contribution in [0.25, 0.3) is 28.6 Å². The van der Waals surface area contributed by atoms with Crippen LogP contribution in [0.2, 0.25) is 0 Å². The molecule has 0 saturated carbocycles. The van der Waals surface area contributed by atoms with Gasteiger partial charge in [0.25, 0.3) is 5.89 Å². The number of imidazole rings is 1. The van der Waals surface area contributed by atoms with Crippen molar-refractivity contribution in [2.75, 3.05) is 19.0 Å².